The molecule has 0 N–H and O–H groups in total. The van der Waals surface area contributed by atoms with E-state index >= 15 is 0 Å². The van der Waals surface area contributed by atoms with E-state index in [0.717, 1.165) is 24.4 Å². The minimum absolute atomic E-state index is 0.0285. The second kappa shape index (κ2) is 11.4. The van der Waals surface area contributed by atoms with E-state index in [1.54, 1.807) is 11.8 Å². The average Bonchev–Trinajstić information content (AvgIpc) is 3.14. The molecule has 29 heavy (non-hydrogen) atoms. The van der Waals surface area contributed by atoms with Crippen molar-refractivity contribution in [1.29, 1.82) is 0 Å². The van der Waals surface area contributed by atoms with Gasteiger partial charge >= 0.3 is 5.97 Å². The Labute approximate surface area is 173 Å². The predicted octanol–water partition coefficient (Wildman–Crippen LogP) is 3.43. The fourth-order valence-corrected chi connectivity index (χ4v) is 3.25. The number of ether oxygens (including phenoxy) is 1. The van der Waals surface area contributed by atoms with E-state index in [4.69, 9.17) is 9.15 Å². The van der Waals surface area contributed by atoms with Gasteiger partial charge in [0.25, 0.3) is 0 Å². The highest BCUT2D eigenvalue weighted by atomic mass is 16.5. The van der Waals surface area contributed by atoms with Crippen molar-refractivity contribution in [2.75, 3.05) is 26.7 Å². The fraction of sp³-hybridized carbons (Fsp3) is 0.478. The van der Waals surface area contributed by atoms with Gasteiger partial charge in [0, 0.05) is 6.54 Å². The maximum absolute atomic E-state index is 13.2. The lowest BCUT2D eigenvalue weighted by molar-refractivity contribution is -0.147. The van der Waals surface area contributed by atoms with Crippen LogP contribution in [-0.2, 0) is 27.3 Å². The number of benzene rings is 1. The van der Waals surface area contributed by atoms with Crippen LogP contribution in [0.4, 0.5) is 0 Å². The first kappa shape index (κ1) is 22.7. The van der Waals surface area contributed by atoms with E-state index < -0.39 is 6.04 Å². The third kappa shape index (κ3) is 7.06. The van der Waals surface area contributed by atoms with Gasteiger partial charge in [-0.25, -0.2) is 0 Å². The van der Waals surface area contributed by atoms with Gasteiger partial charge in [0.05, 0.1) is 20.2 Å². The van der Waals surface area contributed by atoms with Crippen LogP contribution in [0.1, 0.15) is 37.4 Å². The van der Waals surface area contributed by atoms with Crippen LogP contribution in [0, 0.1) is 6.92 Å². The summed E-state index contributed by atoms with van der Waals surface area (Å²) in [7, 11) is 1.37. The van der Waals surface area contributed by atoms with Gasteiger partial charge in [-0.15, -0.1) is 0 Å². The van der Waals surface area contributed by atoms with Crippen molar-refractivity contribution in [3.8, 4) is 0 Å². The molecular formula is C23H32N2O4. The number of carbonyl (C=O) groups excluding carboxylic acids is 2. The summed E-state index contributed by atoms with van der Waals surface area (Å²) >= 11 is 0. The Kier molecular flexibility index (Phi) is 8.93. The third-order valence-corrected chi connectivity index (χ3v) is 4.95. The molecule has 0 spiro atoms. The zero-order chi connectivity index (χ0) is 21.2. The number of hydrogen-bond acceptors (Lipinski definition) is 5. The smallest absolute Gasteiger partial charge is 0.322 e. The van der Waals surface area contributed by atoms with Gasteiger partial charge in [-0.3, -0.25) is 14.5 Å². The molecule has 2 rings (SSSR count). The van der Waals surface area contributed by atoms with E-state index in [-0.39, 0.29) is 18.4 Å². The summed E-state index contributed by atoms with van der Waals surface area (Å²) in [5.41, 5.74) is 1.18. The molecule has 1 aromatic heterocycles. The van der Waals surface area contributed by atoms with Crippen molar-refractivity contribution in [3.63, 3.8) is 0 Å². The molecule has 0 saturated heterocycles. The predicted molar refractivity (Wildman–Crippen MR) is 112 cm³/mol. The molecule has 0 aliphatic heterocycles. The van der Waals surface area contributed by atoms with Gasteiger partial charge in [-0.2, -0.15) is 0 Å². The summed E-state index contributed by atoms with van der Waals surface area (Å²) in [4.78, 5) is 28.8. The zero-order valence-electron chi connectivity index (χ0n) is 17.9. The SMILES string of the molecule is CCCN(CC(=O)N(CCc1ccccc1)Cc1ccc(C)o1)C(C)C(=O)OC. The lowest BCUT2D eigenvalue weighted by atomic mass is 10.1. The number of amides is 1. The van der Waals surface area contributed by atoms with Crippen molar-refractivity contribution in [2.24, 2.45) is 0 Å². The Hall–Kier alpha value is -2.60. The number of hydrogen-bond donors (Lipinski definition) is 0. The summed E-state index contributed by atoms with van der Waals surface area (Å²) in [6, 6.07) is 13.4. The van der Waals surface area contributed by atoms with Gasteiger partial charge in [-0.05, 0) is 50.9 Å². The Morgan fingerprint density at radius 3 is 2.41 bits per heavy atom. The molecule has 2 aromatic rings. The maximum atomic E-state index is 13.2. The molecule has 6 nitrogen and oxygen atoms in total. The molecule has 0 bridgehead atoms. The number of methoxy groups -OCH3 is 1. The van der Waals surface area contributed by atoms with Gasteiger partial charge in [0.1, 0.15) is 17.6 Å². The quantitative estimate of drug-likeness (QED) is 0.541. The average molecular weight is 401 g/mol. The molecule has 0 aliphatic rings. The molecule has 1 unspecified atom stereocenters. The second-order valence-electron chi connectivity index (χ2n) is 7.23. The van der Waals surface area contributed by atoms with Crippen LogP contribution in [0.25, 0.3) is 0 Å². The van der Waals surface area contributed by atoms with E-state index in [9.17, 15) is 9.59 Å². The lowest BCUT2D eigenvalue weighted by Crippen LogP contribution is -2.47. The van der Waals surface area contributed by atoms with Crippen molar-refractivity contribution in [3.05, 3.63) is 59.5 Å². The lowest BCUT2D eigenvalue weighted by Gasteiger charge is -2.29. The van der Waals surface area contributed by atoms with Crippen LogP contribution in [0.2, 0.25) is 0 Å². The zero-order valence-corrected chi connectivity index (χ0v) is 17.9. The fourth-order valence-electron chi connectivity index (χ4n) is 3.25. The Morgan fingerprint density at radius 1 is 1.10 bits per heavy atom. The number of aryl methyl sites for hydroxylation is 1. The van der Waals surface area contributed by atoms with Gasteiger partial charge in [-0.1, -0.05) is 37.3 Å². The van der Waals surface area contributed by atoms with Crippen molar-refractivity contribution in [1.82, 2.24) is 9.80 Å². The molecule has 0 fully saturated rings. The van der Waals surface area contributed by atoms with Crippen LogP contribution in [-0.4, -0.2) is 54.5 Å². The first-order valence-corrected chi connectivity index (χ1v) is 10.1. The molecule has 1 amide bonds. The van der Waals surface area contributed by atoms with E-state index in [0.29, 0.717) is 19.6 Å². The normalized spacial score (nSPS) is 12.0. The molecule has 1 aromatic carbocycles. The first-order chi connectivity index (χ1) is 13.9. The summed E-state index contributed by atoms with van der Waals surface area (Å²) in [5.74, 6) is 1.22. The molecular weight excluding hydrogens is 368 g/mol. The molecule has 158 valence electrons. The van der Waals surface area contributed by atoms with Crippen LogP contribution >= 0.6 is 0 Å². The number of nitrogens with zero attached hydrogens (tertiary/aromatic N) is 2. The summed E-state index contributed by atoms with van der Waals surface area (Å²) in [5, 5.41) is 0. The van der Waals surface area contributed by atoms with Gasteiger partial charge < -0.3 is 14.1 Å². The maximum Gasteiger partial charge on any atom is 0.322 e. The molecule has 1 heterocycles. The van der Waals surface area contributed by atoms with Crippen molar-refractivity contribution in [2.45, 2.75) is 46.2 Å². The first-order valence-electron chi connectivity index (χ1n) is 10.1. The highest BCUT2D eigenvalue weighted by molar-refractivity contribution is 5.80. The van der Waals surface area contributed by atoms with Crippen LogP contribution in [0.15, 0.2) is 46.9 Å². The summed E-state index contributed by atoms with van der Waals surface area (Å²) < 4.78 is 10.6. The van der Waals surface area contributed by atoms with Gasteiger partial charge in [0.2, 0.25) is 5.91 Å². The molecule has 1 atom stereocenters. The third-order valence-electron chi connectivity index (χ3n) is 4.95. The number of carbonyl (C=O) groups is 2. The van der Waals surface area contributed by atoms with E-state index in [1.807, 2.05) is 49.1 Å². The van der Waals surface area contributed by atoms with Crippen molar-refractivity contribution < 1.29 is 18.7 Å². The molecule has 0 aliphatic carbocycles. The van der Waals surface area contributed by atoms with Crippen LogP contribution < -0.4 is 0 Å². The molecule has 6 heteroatoms. The Morgan fingerprint density at radius 2 is 1.83 bits per heavy atom. The molecule has 0 saturated carbocycles. The highest BCUT2D eigenvalue weighted by Gasteiger charge is 2.26. The minimum Gasteiger partial charge on any atom is -0.468 e. The number of furan rings is 1. The number of rotatable bonds is 11. The van der Waals surface area contributed by atoms with Crippen LogP contribution in [0.5, 0.6) is 0 Å². The largest absolute Gasteiger partial charge is 0.468 e. The Bertz CT molecular complexity index is 772. The monoisotopic (exact) mass is 400 g/mol. The standard InChI is InChI=1S/C23H32N2O4/c1-5-14-24(19(3)23(27)28-4)17-22(26)25(16-21-12-11-18(2)29-21)15-13-20-9-7-6-8-10-20/h6-12,19H,5,13-17H2,1-4H3. The topological polar surface area (TPSA) is 63.0 Å². The highest BCUT2D eigenvalue weighted by Crippen LogP contribution is 2.13. The van der Waals surface area contributed by atoms with Crippen molar-refractivity contribution >= 4 is 11.9 Å². The van der Waals surface area contributed by atoms with E-state index in [2.05, 4.69) is 12.1 Å². The molecule has 0 radical (unpaired) electrons. The Balaban J connectivity index is 2.11. The summed E-state index contributed by atoms with van der Waals surface area (Å²) in [6.07, 6.45) is 1.60. The number of esters is 1. The van der Waals surface area contributed by atoms with Crippen LogP contribution in [0.3, 0.4) is 0 Å². The summed E-state index contributed by atoms with van der Waals surface area (Å²) in [6.45, 7) is 7.49. The second-order valence-corrected chi connectivity index (χ2v) is 7.23. The van der Waals surface area contributed by atoms with E-state index in [1.165, 1.54) is 12.7 Å². The van der Waals surface area contributed by atoms with Gasteiger partial charge in [0.15, 0.2) is 0 Å². The minimum atomic E-state index is -0.467.